The van der Waals surface area contributed by atoms with Crippen LogP contribution in [0.3, 0.4) is 0 Å². The van der Waals surface area contributed by atoms with Gasteiger partial charge in [0.05, 0.1) is 28.8 Å². The number of nitrogens with one attached hydrogen (secondary N) is 2. The van der Waals surface area contributed by atoms with Crippen LogP contribution in [0, 0.1) is 11.7 Å². The van der Waals surface area contributed by atoms with Gasteiger partial charge >= 0.3 is 10.8 Å². The standard InChI is InChI=1S/C31H23ClFN3O7S2/c1-2-42-30(40)15-3-8-18(9-4-15)34-22(37)14-43-21-12-5-16(32)13-20(21)23-24-26(44-27-25(23)45-31(41)35-27)29(39)36(28(24)38)19-10-6-17(33)7-11-19/h3-13,23-24,26H,2,14H2,1H3,(H,34,37)(H,35,41)/t23-,24?,26?/m1/s1. The van der Waals surface area contributed by atoms with Gasteiger partial charge in [-0.2, -0.15) is 0 Å². The summed E-state index contributed by atoms with van der Waals surface area (Å²) in [6.07, 6.45) is 0. The highest BCUT2D eigenvalue weighted by molar-refractivity contribution is 8.00. The van der Waals surface area contributed by atoms with E-state index >= 15 is 0 Å². The number of thiazole rings is 1. The Morgan fingerprint density at radius 3 is 2.47 bits per heavy atom. The van der Waals surface area contributed by atoms with Crippen LogP contribution in [0.4, 0.5) is 15.8 Å². The summed E-state index contributed by atoms with van der Waals surface area (Å²) in [4.78, 5) is 68.7. The topological polar surface area (TPSA) is 135 Å². The number of H-pyrrole nitrogens is 1. The predicted molar refractivity (Wildman–Crippen MR) is 167 cm³/mol. The van der Waals surface area contributed by atoms with Crippen LogP contribution in [-0.4, -0.2) is 47.1 Å². The average Bonchev–Trinajstić information content (AvgIpc) is 3.51. The highest BCUT2D eigenvalue weighted by atomic mass is 35.5. The Kier molecular flexibility index (Phi) is 8.49. The number of halogens is 2. The molecular formula is C31H23ClFN3O7S2. The maximum absolute atomic E-state index is 14.0. The summed E-state index contributed by atoms with van der Waals surface area (Å²) in [5.74, 6) is -4.04. The Hall–Kier alpha value is -4.46. The number of aromatic nitrogens is 1. The number of aromatic amines is 1. The normalized spacial score (nSPS) is 18.7. The summed E-state index contributed by atoms with van der Waals surface area (Å²) in [5, 5.41) is 2.57. The minimum Gasteiger partial charge on any atom is -0.483 e. The molecule has 0 bridgehead atoms. The van der Waals surface area contributed by atoms with Crippen molar-refractivity contribution in [2.45, 2.75) is 23.1 Å². The van der Waals surface area contributed by atoms with Gasteiger partial charge in [-0.05, 0) is 73.7 Å². The first-order chi connectivity index (χ1) is 21.6. The molecule has 2 unspecified atom stereocenters. The number of rotatable bonds is 8. The molecule has 6 rings (SSSR count). The predicted octanol–water partition coefficient (Wildman–Crippen LogP) is 5.22. The van der Waals surface area contributed by atoms with E-state index in [1.54, 1.807) is 37.3 Å². The first-order valence-corrected chi connectivity index (χ1v) is 15.7. The zero-order chi connectivity index (χ0) is 31.8. The molecule has 2 aliphatic rings. The third-order valence-corrected chi connectivity index (χ3v) is 9.89. The first kappa shape index (κ1) is 30.6. The third-order valence-electron chi connectivity index (χ3n) is 7.25. The molecule has 3 amide bonds. The number of esters is 1. The van der Waals surface area contributed by atoms with E-state index in [2.05, 4.69) is 10.3 Å². The number of fused-ring (bicyclic) bond motifs is 2. The molecule has 2 aliphatic heterocycles. The lowest BCUT2D eigenvalue weighted by Gasteiger charge is -2.31. The summed E-state index contributed by atoms with van der Waals surface area (Å²) in [6, 6.07) is 15.9. The summed E-state index contributed by atoms with van der Waals surface area (Å²) < 4.78 is 24.5. The average molecular weight is 668 g/mol. The number of imide groups is 1. The van der Waals surface area contributed by atoms with Gasteiger partial charge in [0.1, 0.15) is 16.8 Å². The van der Waals surface area contributed by atoms with E-state index in [0.717, 1.165) is 28.0 Å². The number of carbonyl (C=O) groups is 4. The van der Waals surface area contributed by atoms with E-state index in [-0.39, 0.29) is 22.9 Å². The Balaban J connectivity index is 1.28. The molecular weight excluding hydrogens is 645 g/mol. The van der Waals surface area contributed by atoms with Crippen molar-refractivity contribution in [3.8, 4) is 5.75 Å². The van der Waals surface area contributed by atoms with Crippen LogP contribution in [0.5, 0.6) is 5.75 Å². The Morgan fingerprint density at radius 2 is 1.76 bits per heavy atom. The molecule has 45 heavy (non-hydrogen) atoms. The van der Waals surface area contributed by atoms with Crippen molar-refractivity contribution < 1.29 is 33.0 Å². The largest absolute Gasteiger partial charge is 0.483 e. The summed E-state index contributed by atoms with van der Waals surface area (Å²) >= 11 is 8.42. The van der Waals surface area contributed by atoms with Crippen molar-refractivity contribution in [2.75, 3.05) is 23.4 Å². The number of thioether (sulfide) groups is 1. The van der Waals surface area contributed by atoms with Crippen molar-refractivity contribution in [3.63, 3.8) is 0 Å². The number of nitrogens with zero attached hydrogens (tertiary/aromatic N) is 1. The molecule has 1 fully saturated rings. The molecule has 3 aromatic carbocycles. The fourth-order valence-electron chi connectivity index (χ4n) is 5.34. The number of ether oxygens (including phenoxy) is 2. The molecule has 14 heteroatoms. The molecule has 0 aliphatic carbocycles. The van der Waals surface area contributed by atoms with E-state index < -0.39 is 53.2 Å². The molecule has 0 radical (unpaired) electrons. The van der Waals surface area contributed by atoms with Gasteiger partial charge in [-0.15, -0.1) is 0 Å². The monoisotopic (exact) mass is 667 g/mol. The zero-order valence-corrected chi connectivity index (χ0v) is 25.8. The highest BCUT2D eigenvalue weighted by Crippen LogP contribution is 2.54. The van der Waals surface area contributed by atoms with Crippen LogP contribution in [0.15, 0.2) is 76.6 Å². The van der Waals surface area contributed by atoms with Crippen LogP contribution in [0.1, 0.15) is 33.6 Å². The Labute approximate surface area is 268 Å². The van der Waals surface area contributed by atoms with Gasteiger partial charge in [0.15, 0.2) is 6.61 Å². The van der Waals surface area contributed by atoms with E-state index in [4.69, 9.17) is 21.1 Å². The summed E-state index contributed by atoms with van der Waals surface area (Å²) in [5.41, 5.74) is 1.41. The van der Waals surface area contributed by atoms with Crippen LogP contribution >= 0.6 is 34.7 Å². The van der Waals surface area contributed by atoms with Gasteiger partial charge in [-0.3, -0.25) is 19.2 Å². The first-order valence-electron chi connectivity index (χ1n) is 13.7. The number of hydrogen-bond acceptors (Lipinski definition) is 9. The highest BCUT2D eigenvalue weighted by Gasteiger charge is 2.56. The Bertz CT molecular complexity index is 1880. The number of amides is 3. The van der Waals surface area contributed by atoms with Gasteiger partial charge in [0.2, 0.25) is 11.8 Å². The number of hydrogen-bond donors (Lipinski definition) is 2. The number of anilines is 2. The van der Waals surface area contributed by atoms with Gasteiger partial charge in [-0.25, -0.2) is 14.1 Å². The number of carbonyl (C=O) groups excluding carboxylic acids is 4. The number of benzene rings is 3. The van der Waals surface area contributed by atoms with Gasteiger partial charge in [-0.1, -0.05) is 34.7 Å². The smallest absolute Gasteiger partial charge is 0.338 e. The van der Waals surface area contributed by atoms with Crippen molar-refractivity contribution in [1.82, 2.24) is 4.98 Å². The molecule has 0 saturated carbocycles. The minimum atomic E-state index is -0.945. The maximum Gasteiger partial charge on any atom is 0.338 e. The fraction of sp³-hybridized carbons (Fsp3) is 0.194. The molecule has 0 spiro atoms. The van der Waals surface area contributed by atoms with E-state index in [1.807, 2.05) is 0 Å². The lowest BCUT2D eigenvalue weighted by molar-refractivity contribution is -0.122. The summed E-state index contributed by atoms with van der Waals surface area (Å²) in [7, 11) is 0. The lowest BCUT2D eigenvalue weighted by Crippen LogP contribution is -2.32. The van der Waals surface area contributed by atoms with Crippen LogP contribution < -0.4 is 19.8 Å². The molecule has 10 nitrogen and oxygen atoms in total. The zero-order valence-electron chi connectivity index (χ0n) is 23.4. The van der Waals surface area contributed by atoms with E-state index in [0.29, 0.717) is 31.7 Å². The third kappa shape index (κ3) is 5.98. The molecule has 1 saturated heterocycles. The molecule has 3 heterocycles. The second-order valence-corrected chi connectivity index (χ2v) is 12.7. The molecule has 3 atom stereocenters. The fourth-order valence-corrected chi connectivity index (χ4v) is 8.02. The van der Waals surface area contributed by atoms with Gasteiger partial charge in [0, 0.05) is 27.1 Å². The second kappa shape index (κ2) is 12.5. The van der Waals surface area contributed by atoms with Crippen LogP contribution in [0.2, 0.25) is 5.02 Å². The summed E-state index contributed by atoms with van der Waals surface area (Å²) in [6.45, 7) is 1.52. The van der Waals surface area contributed by atoms with Gasteiger partial charge < -0.3 is 19.8 Å². The Morgan fingerprint density at radius 1 is 1.02 bits per heavy atom. The molecule has 1 aromatic heterocycles. The SMILES string of the molecule is CCOC(=O)c1ccc(NC(=O)COc2ccc(Cl)cc2[C@H]2c3sc(=O)[nH]c3SC3C(=O)N(c4ccc(F)cc4)C(=O)C32)cc1. The van der Waals surface area contributed by atoms with Crippen molar-refractivity contribution in [3.05, 3.63) is 103 Å². The van der Waals surface area contributed by atoms with Crippen molar-refractivity contribution >= 4 is 69.8 Å². The maximum atomic E-state index is 14.0. The minimum absolute atomic E-state index is 0.228. The van der Waals surface area contributed by atoms with Crippen LogP contribution in [0.25, 0.3) is 0 Å². The van der Waals surface area contributed by atoms with Crippen LogP contribution in [-0.2, 0) is 19.1 Å². The van der Waals surface area contributed by atoms with E-state index in [1.165, 1.54) is 36.4 Å². The molecule has 230 valence electrons. The van der Waals surface area contributed by atoms with Crippen molar-refractivity contribution in [1.29, 1.82) is 0 Å². The van der Waals surface area contributed by atoms with Crippen molar-refractivity contribution in [2.24, 2.45) is 5.92 Å². The lowest BCUT2D eigenvalue weighted by atomic mass is 9.82. The second-order valence-electron chi connectivity index (χ2n) is 10.1. The van der Waals surface area contributed by atoms with E-state index in [9.17, 15) is 28.4 Å². The molecule has 4 aromatic rings. The van der Waals surface area contributed by atoms with Gasteiger partial charge in [0.25, 0.3) is 5.91 Å². The quantitative estimate of drug-likeness (QED) is 0.193. The molecule has 2 N–H and O–H groups in total.